The molecule has 0 radical (unpaired) electrons. The molecular weight excluding hydrogens is 308 g/mol. The van der Waals surface area contributed by atoms with Crippen LogP contribution in [0.2, 0.25) is 0 Å². The lowest BCUT2D eigenvalue weighted by Crippen LogP contribution is -2.30. The van der Waals surface area contributed by atoms with Crippen LogP contribution in [0.5, 0.6) is 0 Å². The number of ether oxygens (including phenoxy) is 1. The number of thioether (sulfide) groups is 2. The second kappa shape index (κ2) is 7.51. The van der Waals surface area contributed by atoms with E-state index >= 15 is 0 Å². The van der Waals surface area contributed by atoms with Crippen molar-refractivity contribution in [3.63, 3.8) is 0 Å². The van der Waals surface area contributed by atoms with E-state index in [9.17, 15) is 9.59 Å². The van der Waals surface area contributed by atoms with Crippen molar-refractivity contribution in [3.05, 3.63) is 35.4 Å². The summed E-state index contributed by atoms with van der Waals surface area (Å²) in [6, 6.07) is 7.20. The van der Waals surface area contributed by atoms with Gasteiger partial charge in [0.15, 0.2) is 6.10 Å². The summed E-state index contributed by atoms with van der Waals surface area (Å²) in [6.07, 6.45) is -0.937. The van der Waals surface area contributed by atoms with Crippen molar-refractivity contribution in [1.82, 2.24) is 0 Å². The summed E-state index contributed by atoms with van der Waals surface area (Å²) in [5.41, 5.74) is 6.42. The normalized spacial score (nSPS) is 15.4. The predicted molar refractivity (Wildman–Crippen MR) is 86.6 cm³/mol. The fraction of sp³-hybridized carbons (Fsp3) is 0.357. The van der Waals surface area contributed by atoms with Crippen LogP contribution in [-0.4, -0.2) is 34.7 Å². The Morgan fingerprint density at radius 2 is 2.24 bits per heavy atom. The van der Waals surface area contributed by atoms with Gasteiger partial charge in [0.05, 0.1) is 12.1 Å². The molecule has 1 aromatic carbocycles. The maximum atomic E-state index is 12.1. The van der Waals surface area contributed by atoms with Crippen molar-refractivity contribution >= 4 is 39.8 Å². The van der Waals surface area contributed by atoms with Crippen molar-refractivity contribution in [2.75, 3.05) is 12.3 Å². The summed E-state index contributed by atoms with van der Waals surface area (Å²) in [6.45, 7) is 2.31. The van der Waals surface area contributed by atoms with E-state index in [0.29, 0.717) is 11.3 Å². The van der Waals surface area contributed by atoms with E-state index in [1.54, 1.807) is 35.7 Å². The van der Waals surface area contributed by atoms with Gasteiger partial charge in [-0.3, -0.25) is 9.79 Å². The first kappa shape index (κ1) is 15.9. The number of aliphatic imine (C=N–C) groups is 1. The molecule has 0 spiro atoms. The van der Waals surface area contributed by atoms with Crippen LogP contribution in [-0.2, 0) is 15.3 Å². The summed E-state index contributed by atoms with van der Waals surface area (Å²) < 4.78 is 6.10. The fourth-order valence-corrected chi connectivity index (χ4v) is 3.68. The molecule has 7 heteroatoms. The van der Waals surface area contributed by atoms with E-state index in [1.807, 2.05) is 12.1 Å². The molecule has 2 N–H and O–H groups in total. The number of carbonyl (C=O) groups excluding carboxylic acids is 2. The topological polar surface area (TPSA) is 81.8 Å². The highest BCUT2D eigenvalue weighted by Gasteiger charge is 2.19. The molecule has 21 heavy (non-hydrogen) atoms. The minimum absolute atomic E-state index is 0.460. The van der Waals surface area contributed by atoms with E-state index < -0.39 is 18.0 Å². The smallest absolute Gasteiger partial charge is 0.339 e. The Morgan fingerprint density at radius 1 is 1.48 bits per heavy atom. The minimum atomic E-state index is -0.937. The zero-order valence-corrected chi connectivity index (χ0v) is 13.2. The number of hydrogen-bond acceptors (Lipinski definition) is 6. The highest BCUT2D eigenvalue weighted by atomic mass is 32.2. The lowest BCUT2D eigenvalue weighted by molar-refractivity contribution is -0.125. The van der Waals surface area contributed by atoms with Crippen molar-refractivity contribution in [2.24, 2.45) is 10.7 Å². The molecule has 1 atom stereocenters. The zero-order chi connectivity index (χ0) is 15.2. The van der Waals surface area contributed by atoms with Crippen molar-refractivity contribution in [1.29, 1.82) is 0 Å². The van der Waals surface area contributed by atoms with Crippen LogP contribution in [0.15, 0.2) is 29.3 Å². The molecule has 0 aliphatic carbocycles. The first-order valence-corrected chi connectivity index (χ1v) is 8.43. The number of nitrogens with two attached hydrogens (primary N) is 1. The third-order valence-electron chi connectivity index (χ3n) is 2.83. The summed E-state index contributed by atoms with van der Waals surface area (Å²) in [5.74, 6) is 0.468. The molecule has 2 rings (SSSR count). The van der Waals surface area contributed by atoms with Crippen molar-refractivity contribution in [3.8, 4) is 0 Å². The maximum Gasteiger partial charge on any atom is 0.339 e. The molecule has 112 valence electrons. The lowest BCUT2D eigenvalue weighted by Gasteiger charge is -2.12. The number of esters is 1. The molecule has 0 unspecified atom stereocenters. The Hall–Kier alpha value is -1.47. The average molecular weight is 324 g/mol. The Balaban J connectivity index is 2.05. The molecule has 0 saturated heterocycles. The molecule has 0 bridgehead atoms. The van der Waals surface area contributed by atoms with E-state index in [2.05, 4.69) is 4.99 Å². The second-order valence-corrected chi connectivity index (χ2v) is 6.70. The zero-order valence-electron chi connectivity index (χ0n) is 11.6. The number of rotatable bonds is 5. The van der Waals surface area contributed by atoms with Gasteiger partial charge in [-0.2, -0.15) is 0 Å². The maximum absolute atomic E-state index is 12.1. The third kappa shape index (κ3) is 4.50. The van der Waals surface area contributed by atoms with Crippen LogP contribution in [0.3, 0.4) is 0 Å². The van der Waals surface area contributed by atoms with Gasteiger partial charge in [0.2, 0.25) is 0 Å². The van der Waals surface area contributed by atoms with Crippen LogP contribution >= 0.6 is 23.5 Å². The number of nitrogens with zero attached hydrogens (tertiary/aromatic N) is 1. The summed E-state index contributed by atoms with van der Waals surface area (Å²) in [7, 11) is 0. The molecule has 0 saturated carbocycles. The van der Waals surface area contributed by atoms with Gasteiger partial charge < -0.3 is 10.5 Å². The fourth-order valence-electron chi connectivity index (χ4n) is 1.67. The lowest BCUT2D eigenvalue weighted by atomic mass is 10.1. The predicted octanol–water partition coefficient (Wildman–Crippen LogP) is 2.05. The van der Waals surface area contributed by atoms with Gasteiger partial charge in [-0.25, -0.2) is 4.79 Å². The van der Waals surface area contributed by atoms with E-state index in [-0.39, 0.29) is 0 Å². The largest absolute Gasteiger partial charge is 0.449 e. The Kier molecular flexibility index (Phi) is 5.69. The SMILES string of the molecule is C[C@@H](OC(=O)c1ccccc1CSC1=NCCS1)C(N)=O. The van der Waals surface area contributed by atoms with E-state index in [0.717, 1.165) is 22.2 Å². The van der Waals surface area contributed by atoms with Crippen LogP contribution in [0, 0.1) is 0 Å². The summed E-state index contributed by atoms with van der Waals surface area (Å²) >= 11 is 3.33. The standard InChI is InChI=1S/C14H16N2O3S2/c1-9(12(15)17)19-13(18)11-5-3-2-4-10(11)8-21-14-16-6-7-20-14/h2-5,9H,6-8H2,1H3,(H2,15,17)/t9-/m1/s1. The van der Waals surface area contributed by atoms with Crippen molar-refractivity contribution in [2.45, 2.75) is 18.8 Å². The first-order chi connectivity index (χ1) is 10.1. The Bertz CT molecular complexity index is 575. The Morgan fingerprint density at radius 3 is 2.90 bits per heavy atom. The quantitative estimate of drug-likeness (QED) is 0.838. The van der Waals surface area contributed by atoms with Gasteiger partial charge >= 0.3 is 5.97 Å². The molecular formula is C14H16N2O3S2. The average Bonchev–Trinajstić information content (AvgIpc) is 2.98. The minimum Gasteiger partial charge on any atom is -0.449 e. The van der Waals surface area contributed by atoms with Gasteiger partial charge in [-0.1, -0.05) is 41.7 Å². The molecule has 5 nitrogen and oxygen atoms in total. The molecule has 1 amide bonds. The van der Waals surface area contributed by atoms with Gasteiger partial charge in [0.1, 0.15) is 4.38 Å². The van der Waals surface area contributed by atoms with Crippen LogP contribution in [0.25, 0.3) is 0 Å². The number of hydrogen-bond donors (Lipinski definition) is 1. The molecule has 0 aromatic heterocycles. The second-order valence-electron chi connectivity index (χ2n) is 4.39. The van der Waals surface area contributed by atoms with Crippen LogP contribution in [0.4, 0.5) is 0 Å². The Labute approximate surface area is 131 Å². The molecule has 1 aliphatic heterocycles. The van der Waals surface area contributed by atoms with Crippen molar-refractivity contribution < 1.29 is 14.3 Å². The highest BCUT2D eigenvalue weighted by molar-refractivity contribution is 8.38. The van der Waals surface area contributed by atoms with Gasteiger partial charge in [0, 0.05) is 11.5 Å². The van der Waals surface area contributed by atoms with Crippen LogP contribution in [0.1, 0.15) is 22.8 Å². The molecule has 0 fully saturated rings. The molecule has 1 aromatic rings. The summed E-state index contributed by atoms with van der Waals surface area (Å²) in [5, 5.41) is 0. The van der Waals surface area contributed by atoms with E-state index in [1.165, 1.54) is 6.92 Å². The van der Waals surface area contributed by atoms with E-state index in [4.69, 9.17) is 10.5 Å². The summed E-state index contributed by atoms with van der Waals surface area (Å²) in [4.78, 5) is 27.4. The monoisotopic (exact) mass is 324 g/mol. The van der Waals surface area contributed by atoms with Crippen LogP contribution < -0.4 is 5.73 Å². The van der Waals surface area contributed by atoms with Gasteiger partial charge in [-0.05, 0) is 18.6 Å². The number of carbonyl (C=O) groups is 2. The van der Waals surface area contributed by atoms with Gasteiger partial charge in [-0.15, -0.1) is 0 Å². The third-order valence-corrected chi connectivity index (χ3v) is 5.13. The van der Waals surface area contributed by atoms with Gasteiger partial charge in [0.25, 0.3) is 5.91 Å². The number of primary amides is 1. The molecule has 1 aliphatic rings. The number of benzene rings is 1. The number of amides is 1. The first-order valence-electron chi connectivity index (χ1n) is 6.46. The molecule has 1 heterocycles. The highest BCUT2D eigenvalue weighted by Crippen LogP contribution is 2.26.